The molecular formula is C19H16FNO4. The molecule has 1 heterocycles. The summed E-state index contributed by atoms with van der Waals surface area (Å²) in [4.78, 5) is 11.7. The summed E-state index contributed by atoms with van der Waals surface area (Å²) in [6.45, 7) is 1.72. The molecule has 0 amide bonds. The van der Waals surface area contributed by atoms with Gasteiger partial charge in [0, 0.05) is 11.6 Å². The molecule has 2 aromatic carbocycles. The van der Waals surface area contributed by atoms with Gasteiger partial charge in [-0.3, -0.25) is 0 Å². The maximum atomic E-state index is 12.8. The lowest BCUT2D eigenvalue weighted by atomic mass is 10.1. The largest absolute Gasteiger partial charge is 0.482 e. The molecule has 0 atom stereocenters. The van der Waals surface area contributed by atoms with Gasteiger partial charge in [0.15, 0.2) is 12.4 Å². The van der Waals surface area contributed by atoms with Gasteiger partial charge in [-0.1, -0.05) is 35.0 Å². The van der Waals surface area contributed by atoms with Gasteiger partial charge in [0.1, 0.15) is 23.9 Å². The van der Waals surface area contributed by atoms with E-state index in [1.165, 1.54) is 24.3 Å². The molecule has 0 aliphatic heterocycles. The van der Waals surface area contributed by atoms with Crippen LogP contribution in [0.2, 0.25) is 0 Å². The highest BCUT2D eigenvalue weighted by atomic mass is 19.1. The monoisotopic (exact) mass is 341 g/mol. The van der Waals surface area contributed by atoms with Crippen LogP contribution < -0.4 is 4.74 Å². The van der Waals surface area contributed by atoms with Crippen molar-refractivity contribution in [3.63, 3.8) is 0 Å². The van der Waals surface area contributed by atoms with Gasteiger partial charge in [-0.2, -0.15) is 0 Å². The van der Waals surface area contributed by atoms with Gasteiger partial charge >= 0.3 is 5.97 Å². The van der Waals surface area contributed by atoms with E-state index in [2.05, 4.69) is 5.16 Å². The minimum absolute atomic E-state index is 0.0129. The van der Waals surface area contributed by atoms with Crippen LogP contribution in [-0.4, -0.2) is 17.7 Å². The highest BCUT2D eigenvalue weighted by Gasteiger charge is 2.10. The van der Waals surface area contributed by atoms with E-state index in [-0.39, 0.29) is 19.0 Å². The summed E-state index contributed by atoms with van der Waals surface area (Å²) in [7, 11) is 0. The fourth-order valence-electron chi connectivity index (χ4n) is 2.10. The van der Waals surface area contributed by atoms with Crippen molar-refractivity contribution in [3.05, 3.63) is 71.7 Å². The normalized spacial score (nSPS) is 10.5. The standard InChI is InChI=1S/C19H16FNO4/c1-13-2-4-14(5-3-13)18-10-16(21-25-18)11-24-19(22)12-23-17-8-6-15(20)7-9-17/h2-10H,11-12H2,1H3. The van der Waals surface area contributed by atoms with Gasteiger partial charge in [0.25, 0.3) is 0 Å². The molecule has 0 radical (unpaired) electrons. The number of carbonyl (C=O) groups is 1. The molecular weight excluding hydrogens is 325 g/mol. The van der Waals surface area contributed by atoms with Crippen molar-refractivity contribution >= 4 is 5.97 Å². The molecule has 0 aliphatic rings. The number of aromatic nitrogens is 1. The Balaban J connectivity index is 1.49. The Kier molecular flexibility index (Phi) is 5.09. The lowest BCUT2D eigenvalue weighted by Crippen LogP contribution is -2.14. The van der Waals surface area contributed by atoms with E-state index >= 15 is 0 Å². The first kappa shape index (κ1) is 16.7. The number of esters is 1. The number of carbonyl (C=O) groups excluding carboxylic acids is 1. The summed E-state index contributed by atoms with van der Waals surface area (Å²) < 4.78 is 28.3. The molecule has 0 saturated carbocycles. The fourth-order valence-corrected chi connectivity index (χ4v) is 2.10. The van der Waals surface area contributed by atoms with Crippen LogP contribution >= 0.6 is 0 Å². The number of hydrogen-bond donors (Lipinski definition) is 0. The third-order valence-electron chi connectivity index (χ3n) is 3.45. The van der Waals surface area contributed by atoms with E-state index < -0.39 is 5.97 Å². The maximum Gasteiger partial charge on any atom is 0.344 e. The fraction of sp³-hybridized carbons (Fsp3) is 0.158. The summed E-state index contributed by atoms with van der Waals surface area (Å²) in [5.74, 6) is 0.0737. The van der Waals surface area contributed by atoms with Crippen LogP contribution in [0.15, 0.2) is 59.1 Å². The van der Waals surface area contributed by atoms with Crippen LogP contribution in [0.1, 0.15) is 11.3 Å². The highest BCUT2D eigenvalue weighted by molar-refractivity contribution is 5.71. The zero-order chi connectivity index (χ0) is 17.6. The average Bonchev–Trinajstić information content (AvgIpc) is 3.09. The smallest absolute Gasteiger partial charge is 0.344 e. The molecule has 128 valence electrons. The molecule has 1 aromatic heterocycles. The first-order valence-corrected chi connectivity index (χ1v) is 7.67. The van der Waals surface area contributed by atoms with Gasteiger partial charge in [0.05, 0.1) is 0 Å². The van der Waals surface area contributed by atoms with Crippen LogP contribution in [0.25, 0.3) is 11.3 Å². The van der Waals surface area contributed by atoms with Crippen molar-refractivity contribution in [1.29, 1.82) is 0 Å². The van der Waals surface area contributed by atoms with Crippen molar-refractivity contribution < 1.29 is 23.2 Å². The van der Waals surface area contributed by atoms with Gasteiger partial charge in [-0.25, -0.2) is 9.18 Å². The van der Waals surface area contributed by atoms with Crippen molar-refractivity contribution in [2.75, 3.05) is 6.61 Å². The van der Waals surface area contributed by atoms with E-state index in [9.17, 15) is 9.18 Å². The Morgan fingerprint density at radius 1 is 1.12 bits per heavy atom. The molecule has 3 rings (SSSR count). The van der Waals surface area contributed by atoms with Gasteiger partial charge in [-0.05, 0) is 31.2 Å². The molecule has 0 N–H and O–H groups in total. The number of halogens is 1. The van der Waals surface area contributed by atoms with Gasteiger partial charge in [0.2, 0.25) is 0 Å². The molecule has 0 saturated heterocycles. The predicted molar refractivity (Wildman–Crippen MR) is 88.4 cm³/mol. The van der Waals surface area contributed by atoms with E-state index in [1.54, 1.807) is 6.07 Å². The van der Waals surface area contributed by atoms with Crippen molar-refractivity contribution in [1.82, 2.24) is 5.16 Å². The summed E-state index contributed by atoms with van der Waals surface area (Å²) in [6, 6.07) is 14.9. The third-order valence-corrected chi connectivity index (χ3v) is 3.45. The maximum absolute atomic E-state index is 12.8. The van der Waals surface area contributed by atoms with Crippen molar-refractivity contribution in [2.45, 2.75) is 13.5 Å². The van der Waals surface area contributed by atoms with Crippen molar-refractivity contribution in [3.8, 4) is 17.1 Å². The van der Waals surface area contributed by atoms with Crippen LogP contribution in [0.5, 0.6) is 5.75 Å². The summed E-state index contributed by atoms with van der Waals surface area (Å²) in [5.41, 5.74) is 2.56. The number of aryl methyl sites for hydroxylation is 1. The molecule has 0 unspecified atom stereocenters. The third kappa shape index (κ3) is 4.67. The minimum Gasteiger partial charge on any atom is -0.482 e. The molecule has 0 bridgehead atoms. The van der Waals surface area contributed by atoms with E-state index in [1.807, 2.05) is 31.2 Å². The zero-order valence-corrected chi connectivity index (χ0v) is 13.6. The van der Waals surface area contributed by atoms with Gasteiger partial charge < -0.3 is 14.0 Å². The lowest BCUT2D eigenvalue weighted by Gasteiger charge is -2.05. The Hall–Kier alpha value is -3.15. The number of ether oxygens (including phenoxy) is 2. The average molecular weight is 341 g/mol. The molecule has 5 nitrogen and oxygen atoms in total. The Labute approximate surface area is 144 Å². The molecule has 25 heavy (non-hydrogen) atoms. The Morgan fingerprint density at radius 2 is 1.84 bits per heavy atom. The molecule has 0 spiro atoms. The minimum atomic E-state index is -0.552. The molecule has 0 fully saturated rings. The molecule has 3 aromatic rings. The van der Waals surface area contributed by atoms with E-state index in [0.29, 0.717) is 17.2 Å². The summed E-state index contributed by atoms with van der Waals surface area (Å²) in [6.07, 6.45) is 0. The second-order valence-corrected chi connectivity index (χ2v) is 5.45. The quantitative estimate of drug-likeness (QED) is 0.636. The SMILES string of the molecule is Cc1ccc(-c2cc(COC(=O)COc3ccc(F)cc3)no2)cc1. The van der Waals surface area contributed by atoms with Crippen LogP contribution in [0.4, 0.5) is 4.39 Å². The van der Waals surface area contributed by atoms with Gasteiger partial charge in [-0.15, -0.1) is 0 Å². The number of benzene rings is 2. The van der Waals surface area contributed by atoms with Crippen LogP contribution in [0.3, 0.4) is 0 Å². The summed E-state index contributed by atoms with van der Waals surface area (Å²) in [5, 5.41) is 3.88. The van der Waals surface area contributed by atoms with Crippen molar-refractivity contribution in [2.24, 2.45) is 0 Å². The first-order chi connectivity index (χ1) is 12.1. The highest BCUT2D eigenvalue weighted by Crippen LogP contribution is 2.21. The lowest BCUT2D eigenvalue weighted by molar-refractivity contribution is -0.147. The molecule has 6 heteroatoms. The molecule has 0 aliphatic carbocycles. The Morgan fingerprint density at radius 3 is 2.56 bits per heavy atom. The number of hydrogen-bond acceptors (Lipinski definition) is 5. The number of nitrogens with zero attached hydrogens (tertiary/aromatic N) is 1. The van der Waals surface area contributed by atoms with Crippen LogP contribution in [-0.2, 0) is 16.1 Å². The summed E-state index contributed by atoms with van der Waals surface area (Å²) >= 11 is 0. The van der Waals surface area contributed by atoms with E-state index in [0.717, 1.165) is 11.1 Å². The second-order valence-electron chi connectivity index (χ2n) is 5.45. The first-order valence-electron chi connectivity index (χ1n) is 7.67. The predicted octanol–water partition coefficient (Wildman–Crippen LogP) is 3.91. The number of rotatable bonds is 6. The second kappa shape index (κ2) is 7.61. The zero-order valence-electron chi connectivity index (χ0n) is 13.6. The topological polar surface area (TPSA) is 61.6 Å². The Bertz CT molecular complexity index is 841. The van der Waals surface area contributed by atoms with Crippen LogP contribution in [0, 0.1) is 12.7 Å². The van der Waals surface area contributed by atoms with E-state index in [4.69, 9.17) is 14.0 Å².